The molecule has 0 aliphatic heterocycles. The highest BCUT2D eigenvalue weighted by molar-refractivity contribution is 5.34. The van der Waals surface area contributed by atoms with Gasteiger partial charge in [0.05, 0.1) is 11.5 Å². The minimum Gasteiger partial charge on any atom is -0.322 e. The molecular formula is C15H20N4. The van der Waals surface area contributed by atoms with Gasteiger partial charge in [-0.25, -0.2) is 4.98 Å². The van der Waals surface area contributed by atoms with Gasteiger partial charge in [0.1, 0.15) is 5.82 Å². The molecule has 1 heterocycles. The van der Waals surface area contributed by atoms with Crippen molar-refractivity contribution in [3.63, 3.8) is 0 Å². The Morgan fingerprint density at radius 2 is 1.89 bits per heavy atom. The zero-order valence-electron chi connectivity index (χ0n) is 11.3. The summed E-state index contributed by atoms with van der Waals surface area (Å²) in [6, 6.07) is 10.5. The Morgan fingerprint density at radius 3 is 2.47 bits per heavy atom. The van der Waals surface area contributed by atoms with E-state index in [9.17, 15) is 0 Å². The lowest BCUT2D eigenvalue weighted by Crippen LogP contribution is -2.25. The minimum absolute atomic E-state index is 0.0229. The molecule has 1 saturated carbocycles. The summed E-state index contributed by atoms with van der Waals surface area (Å²) in [5.74, 6) is 1.68. The van der Waals surface area contributed by atoms with E-state index in [0.29, 0.717) is 0 Å². The van der Waals surface area contributed by atoms with Crippen LogP contribution in [0.2, 0.25) is 0 Å². The van der Waals surface area contributed by atoms with Crippen LogP contribution in [0, 0.1) is 0 Å². The SMILES string of the molecule is CC(N)c1nc(C2(c3ccccc3)CCCC2)n[nH]1. The van der Waals surface area contributed by atoms with Crippen LogP contribution in [-0.4, -0.2) is 15.2 Å². The van der Waals surface area contributed by atoms with Crippen molar-refractivity contribution in [1.29, 1.82) is 0 Å². The van der Waals surface area contributed by atoms with Crippen LogP contribution >= 0.6 is 0 Å². The van der Waals surface area contributed by atoms with E-state index < -0.39 is 0 Å². The van der Waals surface area contributed by atoms with Gasteiger partial charge in [-0.1, -0.05) is 43.2 Å². The van der Waals surface area contributed by atoms with Gasteiger partial charge in [0.15, 0.2) is 5.82 Å². The van der Waals surface area contributed by atoms with Gasteiger partial charge in [0, 0.05) is 0 Å². The van der Waals surface area contributed by atoms with Crippen LogP contribution in [-0.2, 0) is 5.41 Å². The molecular weight excluding hydrogens is 236 g/mol. The molecule has 1 aliphatic rings. The highest BCUT2D eigenvalue weighted by Gasteiger charge is 2.40. The van der Waals surface area contributed by atoms with Crippen molar-refractivity contribution in [2.24, 2.45) is 5.73 Å². The van der Waals surface area contributed by atoms with Gasteiger partial charge < -0.3 is 5.73 Å². The number of rotatable bonds is 3. The second-order valence-electron chi connectivity index (χ2n) is 5.49. The van der Waals surface area contributed by atoms with Gasteiger partial charge in [0.2, 0.25) is 0 Å². The number of aromatic nitrogens is 3. The summed E-state index contributed by atoms with van der Waals surface area (Å²) in [4.78, 5) is 4.65. The lowest BCUT2D eigenvalue weighted by Gasteiger charge is -2.26. The summed E-state index contributed by atoms with van der Waals surface area (Å²) in [6.45, 7) is 1.92. The van der Waals surface area contributed by atoms with Crippen LogP contribution in [0.1, 0.15) is 55.9 Å². The third kappa shape index (κ3) is 2.06. The van der Waals surface area contributed by atoms with E-state index in [1.54, 1.807) is 0 Å². The highest BCUT2D eigenvalue weighted by atomic mass is 15.2. The molecule has 1 aromatic heterocycles. The summed E-state index contributed by atoms with van der Waals surface area (Å²) in [5.41, 5.74) is 7.17. The lowest BCUT2D eigenvalue weighted by atomic mass is 9.78. The molecule has 19 heavy (non-hydrogen) atoms. The zero-order valence-corrected chi connectivity index (χ0v) is 11.3. The molecule has 0 bridgehead atoms. The van der Waals surface area contributed by atoms with Crippen LogP contribution < -0.4 is 5.73 Å². The van der Waals surface area contributed by atoms with E-state index >= 15 is 0 Å². The Balaban J connectivity index is 2.05. The normalized spacial score (nSPS) is 19.5. The zero-order chi connectivity index (χ0) is 13.3. The topological polar surface area (TPSA) is 67.6 Å². The van der Waals surface area contributed by atoms with Crippen molar-refractivity contribution >= 4 is 0 Å². The van der Waals surface area contributed by atoms with E-state index in [-0.39, 0.29) is 11.5 Å². The first-order valence-electron chi connectivity index (χ1n) is 6.96. The van der Waals surface area contributed by atoms with E-state index in [1.165, 1.54) is 18.4 Å². The Labute approximate surface area is 113 Å². The van der Waals surface area contributed by atoms with E-state index in [0.717, 1.165) is 24.5 Å². The fourth-order valence-corrected chi connectivity index (χ4v) is 3.07. The molecule has 100 valence electrons. The molecule has 0 spiro atoms. The van der Waals surface area contributed by atoms with Crippen LogP contribution in [0.25, 0.3) is 0 Å². The van der Waals surface area contributed by atoms with Gasteiger partial charge in [-0.2, -0.15) is 5.10 Å². The number of hydrogen-bond acceptors (Lipinski definition) is 3. The van der Waals surface area contributed by atoms with Crippen molar-refractivity contribution in [1.82, 2.24) is 15.2 Å². The van der Waals surface area contributed by atoms with Gasteiger partial charge in [0.25, 0.3) is 0 Å². The van der Waals surface area contributed by atoms with Gasteiger partial charge in [-0.15, -0.1) is 0 Å². The van der Waals surface area contributed by atoms with Crippen LogP contribution in [0.4, 0.5) is 0 Å². The maximum atomic E-state index is 5.87. The molecule has 0 radical (unpaired) electrons. The predicted octanol–water partition coefficient (Wildman–Crippen LogP) is 2.68. The maximum Gasteiger partial charge on any atom is 0.161 e. The molecule has 1 aromatic carbocycles. The third-order valence-electron chi connectivity index (χ3n) is 4.15. The Kier molecular flexibility index (Phi) is 3.11. The number of nitrogens with zero attached hydrogens (tertiary/aromatic N) is 2. The fraction of sp³-hybridized carbons (Fsp3) is 0.467. The molecule has 0 amide bonds. The van der Waals surface area contributed by atoms with Crippen molar-refractivity contribution in [3.8, 4) is 0 Å². The van der Waals surface area contributed by atoms with Gasteiger partial charge >= 0.3 is 0 Å². The maximum absolute atomic E-state index is 5.87. The average Bonchev–Trinajstić information content (AvgIpc) is 3.09. The fourth-order valence-electron chi connectivity index (χ4n) is 3.07. The lowest BCUT2D eigenvalue weighted by molar-refractivity contribution is 0.500. The van der Waals surface area contributed by atoms with Crippen molar-refractivity contribution in [2.45, 2.75) is 44.1 Å². The molecule has 3 rings (SSSR count). The average molecular weight is 256 g/mol. The Morgan fingerprint density at radius 1 is 1.21 bits per heavy atom. The summed E-state index contributed by atoms with van der Waals surface area (Å²) < 4.78 is 0. The van der Waals surface area contributed by atoms with Crippen molar-refractivity contribution < 1.29 is 0 Å². The quantitative estimate of drug-likeness (QED) is 0.887. The molecule has 4 heteroatoms. The van der Waals surface area contributed by atoms with Crippen LogP contribution in [0.15, 0.2) is 30.3 Å². The molecule has 1 atom stereocenters. The van der Waals surface area contributed by atoms with Crippen molar-refractivity contribution in [2.75, 3.05) is 0 Å². The molecule has 1 fully saturated rings. The number of aromatic amines is 1. The van der Waals surface area contributed by atoms with Crippen molar-refractivity contribution in [3.05, 3.63) is 47.5 Å². The number of nitrogens with two attached hydrogens (primary N) is 1. The van der Waals surface area contributed by atoms with E-state index in [1.807, 2.05) is 6.92 Å². The Bertz CT molecular complexity index is 538. The predicted molar refractivity (Wildman–Crippen MR) is 74.7 cm³/mol. The van der Waals surface area contributed by atoms with Crippen LogP contribution in [0.3, 0.4) is 0 Å². The summed E-state index contributed by atoms with van der Waals surface area (Å²) in [5, 5.41) is 7.44. The van der Waals surface area contributed by atoms with Gasteiger partial charge in [-0.05, 0) is 25.3 Å². The molecule has 2 aromatic rings. The number of H-pyrrole nitrogens is 1. The first kappa shape index (κ1) is 12.4. The monoisotopic (exact) mass is 256 g/mol. The summed E-state index contributed by atoms with van der Waals surface area (Å²) in [6.07, 6.45) is 4.70. The molecule has 4 nitrogen and oxygen atoms in total. The molecule has 0 saturated heterocycles. The minimum atomic E-state index is -0.101. The van der Waals surface area contributed by atoms with E-state index in [2.05, 4.69) is 45.5 Å². The second-order valence-corrected chi connectivity index (χ2v) is 5.49. The number of nitrogens with one attached hydrogen (secondary N) is 1. The van der Waals surface area contributed by atoms with Crippen LogP contribution in [0.5, 0.6) is 0 Å². The third-order valence-corrected chi connectivity index (χ3v) is 4.15. The Hall–Kier alpha value is -1.68. The van der Waals surface area contributed by atoms with E-state index in [4.69, 9.17) is 5.73 Å². The first-order valence-corrected chi connectivity index (χ1v) is 6.96. The second kappa shape index (κ2) is 4.78. The summed E-state index contributed by atoms with van der Waals surface area (Å²) in [7, 11) is 0. The highest BCUT2D eigenvalue weighted by Crippen LogP contribution is 2.44. The largest absolute Gasteiger partial charge is 0.322 e. The molecule has 1 unspecified atom stereocenters. The molecule has 3 N–H and O–H groups in total. The smallest absolute Gasteiger partial charge is 0.161 e. The first-order chi connectivity index (χ1) is 9.22. The number of benzene rings is 1. The van der Waals surface area contributed by atoms with Gasteiger partial charge in [-0.3, -0.25) is 5.10 Å². The standard InChI is InChI=1S/C15H20N4/c1-11(16)13-17-14(19-18-13)15(9-5-6-10-15)12-7-3-2-4-8-12/h2-4,7-8,11H,5-6,9-10,16H2,1H3,(H,17,18,19). The molecule has 1 aliphatic carbocycles. The summed E-state index contributed by atoms with van der Waals surface area (Å²) >= 11 is 0. The number of hydrogen-bond donors (Lipinski definition) is 2.